The minimum Gasteiger partial charge on any atom is -0.350 e. The molecule has 0 bridgehead atoms. The van der Waals surface area contributed by atoms with Crippen molar-refractivity contribution in [3.63, 3.8) is 0 Å². The molecule has 3 aromatic carbocycles. The molecule has 0 aromatic heterocycles. The topological polar surface area (TPSA) is 130 Å². The molecule has 224 valence electrons. The zero-order chi connectivity index (χ0) is 31.2. The highest BCUT2D eigenvalue weighted by Crippen LogP contribution is 2.28. The van der Waals surface area contributed by atoms with Gasteiger partial charge in [0.15, 0.2) is 0 Å². The van der Waals surface area contributed by atoms with E-state index in [2.05, 4.69) is 5.32 Å². The fourth-order valence-electron chi connectivity index (χ4n) is 4.37. The van der Waals surface area contributed by atoms with Crippen LogP contribution in [0, 0.1) is 22.9 Å². The predicted octanol–water partition coefficient (Wildman–Crippen LogP) is 4.36. The first-order valence-corrected chi connectivity index (χ1v) is 15.0. The summed E-state index contributed by atoms with van der Waals surface area (Å²) in [7, 11) is -4.11. The van der Waals surface area contributed by atoms with Crippen molar-refractivity contribution < 1.29 is 27.3 Å². The van der Waals surface area contributed by atoms with E-state index in [1.165, 1.54) is 41.3 Å². The van der Waals surface area contributed by atoms with Crippen LogP contribution in [-0.2, 0) is 32.6 Å². The van der Waals surface area contributed by atoms with Crippen molar-refractivity contribution in [1.29, 1.82) is 0 Å². The van der Waals surface area contributed by atoms with Gasteiger partial charge in [0.05, 0.1) is 16.9 Å². The number of amides is 2. The highest BCUT2D eigenvalue weighted by atomic mass is 32.2. The maximum atomic E-state index is 14.1. The van der Waals surface area contributed by atoms with Crippen LogP contribution in [0.2, 0.25) is 0 Å². The molecule has 3 rings (SSSR count). The number of nitrogens with one attached hydrogen (secondary N) is 1. The van der Waals surface area contributed by atoms with Crippen LogP contribution in [0.4, 0.5) is 15.8 Å². The SMILES string of the molecule is Cc1ccc([N+](=O)[O-])cc1N(CC(=O)N(Cc1ccc(F)cc1)C(Cc1ccccc1)C(=O)NC(C)(C)C)S(C)(=O)=O. The lowest BCUT2D eigenvalue weighted by atomic mass is 10.0. The Bertz CT molecular complexity index is 1540. The summed E-state index contributed by atoms with van der Waals surface area (Å²) in [5.74, 6) is -1.66. The molecule has 0 spiro atoms. The Kier molecular flexibility index (Phi) is 10.1. The molecule has 42 heavy (non-hydrogen) atoms. The number of nitro groups is 1. The summed E-state index contributed by atoms with van der Waals surface area (Å²) in [6.07, 6.45) is 1.01. The Morgan fingerprint density at radius 3 is 2.17 bits per heavy atom. The van der Waals surface area contributed by atoms with E-state index >= 15 is 0 Å². The number of rotatable bonds is 11. The number of aryl methyl sites for hydroxylation is 1. The third-order valence-corrected chi connectivity index (χ3v) is 7.51. The minimum atomic E-state index is -4.11. The van der Waals surface area contributed by atoms with Crippen molar-refractivity contribution in [2.75, 3.05) is 17.1 Å². The summed E-state index contributed by atoms with van der Waals surface area (Å²) in [5.41, 5.74) is 0.666. The second kappa shape index (κ2) is 13.1. The monoisotopic (exact) mass is 598 g/mol. The smallest absolute Gasteiger partial charge is 0.271 e. The molecule has 0 saturated heterocycles. The second-order valence-corrected chi connectivity index (χ2v) is 13.0. The maximum Gasteiger partial charge on any atom is 0.271 e. The number of carbonyl (C=O) groups is 2. The van der Waals surface area contributed by atoms with Crippen molar-refractivity contribution in [1.82, 2.24) is 10.2 Å². The van der Waals surface area contributed by atoms with Crippen LogP contribution in [0.15, 0.2) is 72.8 Å². The van der Waals surface area contributed by atoms with E-state index in [0.29, 0.717) is 11.1 Å². The van der Waals surface area contributed by atoms with Crippen LogP contribution in [0.3, 0.4) is 0 Å². The fraction of sp³-hybridized carbons (Fsp3) is 0.333. The predicted molar refractivity (Wildman–Crippen MR) is 159 cm³/mol. The zero-order valence-corrected chi connectivity index (χ0v) is 25.0. The minimum absolute atomic E-state index is 0.0273. The largest absolute Gasteiger partial charge is 0.350 e. The summed E-state index contributed by atoms with van der Waals surface area (Å²) in [5, 5.41) is 14.4. The molecule has 10 nitrogen and oxygen atoms in total. The first kappa shape index (κ1) is 32.2. The summed E-state index contributed by atoms with van der Waals surface area (Å²) >= 11 is 0. The fourth-order valence-corrected chi connectivity index (χ4v) is 5.27. The van der Waals surface area contributed by atoms with E-state index in [1.54, 1.807) is 39.8 Å². The standard InChI is InChI=1S/C30H35FN4O6S/c1-21-11-16-25(35(38)39)18-26(21)34(42(5,40)41)20-28(36)33(19-23-12-14-24(31)15-13-23)27(29(37)32-30(2,3)4)17-22-9-7-6-8-10-22/h6-16,18,27H,17,19-20H2,1-5H3,(H,32,37). The third-order valence-electron chi connectivity index (χ3n) is 6.39. The van der Waals surface area contributed by atoms with Crippen molar-refractivity contribution in [2.24, 2.45) is 0 Å². The lowest BCUT2D eigenvalue weighted by molar-refractivity contribution is -0.384. The van der Waals surface area contributed by atoms with Crippen LogP contribution in [0.5, 0.6) is 0 Å². The van der Waals surface area contributed by atoms with E-state index in [1.807, 2.05) is 18.2 Å². The molecule has 0 fully saturated rings. The Hall–Kier alpha value is -4.32. The summed E-state index contributed by atoms with van der Waals surface area (Å²) < 4.78 is 40.4. The van der Waals surface area contributed by atoms with Gasteiger partial charge in [-0.3, -0.25) is 24.0 Å². The summed E-state index contributed by atoms with van der Waals surface area (Å²) in [6, 6.07) is 17.2. The normalized spacial score (nSPS) is 12.3. The number of benzene rings is 3. The quantitative estimate of drug-likeness (QED) is 0.258. The van der Waals surface area contributed by atoms with Crippen molar-refractivity contribution in [3.05, 3.63) is 105 Å². The van der Waals surface area contributed by atoms with Crippen LogP contribution < -0.4 is 9.62 Å². The number of hydrogen-bond donors (Lipinski definition) is 1. The van der Waals surface area contributed by atoms with Crippen molar-refractivity contribution in [3.8, 4) is 0 Å². The van der Waals surface area contributed by atoms with Gasteiger partial charge in [0.2, 0.25) is 21.8 Å². The molecule has 0 saturated carbocycles. The van der Waals surface area contributed by atoms with Crippen molar-refractivity contribution >= 4 is 33.2 Å². The molecule has 0 aliphatic rings. The van der Waals surface area contributed by atoms with E-state index in [-0.39, 0.29) is 24.3 Å². The number of sulfonamides is 1. The van der Waals surface area contributed by atoms with Gasteiger partial charge in [-0.2, -0.15) is 0 Å². The molecular weight excluding hydrogens is 563 g/mol. The lowest BCUT2D eigenvalue weighted by Crippen LogP contribution is -2.56. The van der Waals surface area contributed by atoms with Gasteiger partial charge in [-0.15, -0.1) is 0 Å². The van der Waals surface area contributed by atoms with Crippen molar-refractivity contribution in [2.45, 2.75) is 52.2 Å². The maximum absolute atomic E-state index is 14.1. The molecule has 12 heteroatoms. The number of anilines is 1. The van der Waals surface area contributed by atoms with Gasteiger partial charge >= 0.3 is 0 Å². The van der Waals surface area contributed by atoms with E-state index < -0.39 is 50.7 Å². The molecule has 1 unspecified atom stereocenters. The third kappa shape index (κ3) is 8.84. The Labute approximate surface area is 245 Å². The first-order valence-electron chi connectivity index (χ1n) is 13.2. The zero-order valence-electron chi connectivity index (χ0n) is 24.2. The van der Waals surface area contributed by atoms with Gasteiger partial charge in [0.25, 0.3) is 5.69 Å². The van der Waals surface area contributed by atoms with Gasteiger partial charge in [-0.25, -0.2) is 12.8 Å². The highest BCUT2D eigenvalue weighted by Gasteiger charge is 2.35. The van der Waals surface area contributed by atoms with Gasteiger partial charge < -0.3 is 10.2 Å². The first-order chi connectivity index (χ1) is 19.5. The molecule has 0 heterocycles. The number of nitro benzene ring substituents is 1. The number of halogens is 1. The number of hydrogen-bond acceptors (Lipinski definition) is 6. The number of nitrogens with zero attached hydrogens (tertiary/aromatic N) is 3. The average Bonchev–Trinajstić information content (AvgIpc) is 2.89. The van der Waals surface area contributed by atoms with Crippen LogP contribution in [0.25, 0.3) is 0 Å². The van der Waals surface area contributed by atoms with Gasteiger partial charge in [-0.1, -0.05) is 48.5 Å². The van der Waals surface area contributed by atoms with E-state index in [4.69, 9.17) is 0 Å². The van der Waals surface area contributed by atoms with Crippen LogP contribution in [-0.4, -0.2) is 54.4 Å². The molecule has 3 aromatic rings. The summed E-state index contributed by atoms with van der Waals surface area (Å²) in [6.45, 7) is 6.12. The molecule has 1 N–H and O–H groups in total. The van der Waals surface area contributed by atoms with Crippen LogP contribution >= 0.6 is 0 Å². The Balaban J connectivity index is 2.12. The Morgan fingerprint density at radius 1 is 1.00 bits per heavy atom. The van der Waals surface area contributed by atoms with Gasteiger partial charge in [-0.05, 0) is 56.5 Å². The van der Waals surface area contributed by atoms with Gasteiger partial charge in [0.1, 0.15) is 18.4 Å². The average molecular weight is 599 g/mol. The van der Waals surface area contributed by atoms with E-state index in [0.717, 1.165) is 22.2 Å². The Morgan fingerprint density at radius 2 is 1.62 bits per heavy atom. The lowest BCUT2D eigenvalue weighted by Gasteiger charge is -2.35. The summed E-state index contributed by atoms with van der Waals surface area (Å²) in [4.78, 5) is 39.9. The van der Waals surface area contributed by atoms with Crippen LogP contribution in [0.1, 0.15) is 37.5 Å². The highest BCUT2D eigenvalue weighted by molar-refractivity contribution is 7.92. The molecule has 1 atom stereocenters. The molecule has 2 amide bonds. The molecule has 0 radical (unpaired) electrons. The number of carbonyl (C=O) groups excluding carboxylic acids is 2. The van der Waals surface area contributed by atoms with Gasteiger partial charge in [0, 0.05) is 30.6 Å². The number of non-ortho nitro benzene ring substituents is 1. The molecular formula is C30H35FN4O6S. The molecule has 0 aliphatic heterocycles. The molecule has 0 aliphatic carbocycles. The van der Waals surface area contributed by atoms with E-state index in [9.17, 15) is 32.5 Å². The second-order valence-electron chi connectivity index (χ2n) is 11.1.